The number of ketones is 1. The molecule has 5 rings (SSSR count). The third-order valence-electron chi connectivity index (χ3n) is 8.14. The van der Waals surface area contributed by atoms with Crippen molar-refractivity contribution in [3.63, 3.8) is 0 Å². The van der Waals surface area contributed by atoms with E-state index in [1.54, 1.807) is 6.92 Å². The molecule has 4 aliphatic rings. The highest BCUT2D eigenvalue weighted by molar-refractivity contribution is 5.96. The molecular weight excluding hydrogens is 350 g/mol. The number of anilines is 1. The molecule has 4 nitrogen and oxygen atoms in total. The molecule has 1 aliphatic heterocycles. The lowest BCUT2D eigenvalue weighted by Crippen LogP contribution is -2.37. The lowest BCUT2D eigenvalue weighted by atomic mass is 9.68. The number of rotatable bonds is 4. The van der Waals surface area contributed by atoms with Crippen molar-refractivity contribution >= 4 is 11.5 Å². The fraction of sp³-hybridized carbons (Fsp3) is 0.708. The zero-order chi connectivity index (χ0) is 19.3. The van der Waals surface area contributed by atoms with Crippen LogP contribution >= 0.6 is 0 Å². The molecule has 3 bridgehead atoms. The Labute approximate surface area is 168 Å². The van der Waals surface area contributed by atoms with Crippen molar-refractivity contribution in [3.05, 3.63) is 23.3 Å². The predicted molar refractivity (Wildman–Crippen MR) is 110 cm³/mol. The van der Waals surface area contributed by atoms with Gasteiger partial charge >= 0.3 is 0 Å². The van der Waals surface area contributed by atoms with Gasteiger partial charge in [0.2, 0.25) is 0 Å². The van der Waals surface area contributed by atoms with Gasteiger partial charge in [0.15, 0.2) is 5.78 Å². The number of Topliss-reactive ketones (excluding diaryl/α,β-unsaturated/α-hetero) is 1. The van der Waals surface area contributed by atoms with E-state index in [1.807, 2.05) is 7.11 Å². The van der Waals surface area contributed by atoms with E-state index >= 15 is 0 Å². The molecule has 1 heterocycles. The summed E-state index contributed by atoms with van der Waals surface area (Å²) in [7, 11) is 1.81. The zero-order valence-electron chi connectivity index (χ0n) is 17.3. The minimum absolute atomic E-state index is 0.155. The van der Waals surface area contributed by atoms with Crippen molar-refractivity contribution in [3.8, 4) is 5.75 Å². The molecule has 152 valence electrons. The topological polar surface area (TPSA) is 38.8 Å². The summed E-state index contributed by atoms with van der Waals surface area (Å²) in [4.78, 5) is 14.8. The third kappa shape index (κ3) is 2.87. The Kier molecular flexibility index (Phi) is 4.65. The molecule has 0 spiro atoms. The first kappa shape index (κ1) is 18.5. The maximum atomic E-state index is 12.5. The lowest BCUT2D eigenvalue weighted by molar-refractivity contribution is 0.101. The van der Waals surface area contributed by atoms with Crippen LogP contribution in [0.2, 0.25) is 0 Å². The van der Waals surface area contributed by atoms with E-state index in [0.717, 1.165) is 61.1 Å². The van der Waals surface area contributed by atoms with Gasteiger partial charge < -0.3 is 14.4 Å². The number of carbonyl (C=O) groups excluding carboxylic acids is 1. The van der Waals surface area contributed by atoms with Crippen LogP contribution in [0, 0.1) is 17.8 Å². The van der Waals surface area contributed by atoms with Gasteiger partial charge in [0.1, 0.15) is 5.75 Å². The second kappa shape index (κ2) is 7.05. The number of fused-ring (bicyclic) bond motifs is 2. The van der Waals surface area contributed by atoms with Crippen LogP contribution in [0.4, 0.5) is 5.69 Å². The summed E-state index contributed by atoms with van der Waals surface area (Å²) in [6, 6.07) is 4.26. The molecule has 4 fully saturated rings. The quantitative estimate of drug-likeness (QED) is 0.713. The highest BCUT2D eigenvalue weighted by Crippen LogP contribution is 2.63. The average Bonchev–Trinajstić information content (AvgIpc) is 2.89. The van der Waals surface area contributed by atoms with Crippen LogP contribution in [-0.4, -0.2) is 39.2 Å². The number of carbonyl (C=O) groups is 1. The highest BCUT2D eigenvalue weighted by atomic mass is 16.5. The van der Waals surface area contributed by atoms with Crippen molar-refractivity contribution in [2.24, 2.45) is 17.8 Å². The van der Waals surface area contributed by atoms with Gasteiger partial charge in [0.25, 0.3) is 0 Å². The molecule has 1 aromatic carbocycles. The van der Waals surface area contributed by atoms with E-state index < -0.39 is 0 Å². The van der Waals surface area contributed by atoms with Gasteiger partial charge in [-0.1, -0.05) is 12.8 Å². The maximum absolute atomic E-state index is 12.5. The van der Waals surface area contributed by atoms with Crippen molar-refractivity contribution in [1.29, 1.82) is 0 Å². The summed E-state index contributed by atoms with van der Waals surface area (Å²) < 4.78 is 11.7. The molecule has 0 aromatic heterocycles. The maximum Gasteiger partial charge on any atom is 0.159 e. The Bertz CT molecular complexity index is 769. The number of hydrogen-bond donors (Lipinski definition) is 0. The van der Waals surface area contributed by atoms with Gasteiger partial charge in [-0.15, -0.1) is 0 Å². The Morgan fingerprint density at radius 1 is 1.18 bits per heavy atom. The monoisotopic (exact) mass is 383 g/mol. The molecule has 3 saturated carbocycles. The molecule has 4 unspecified atom stereocenters. The van der Waals surface area contributed by atoms with Gasteiger partial charge in [-0.2, -0.15) is 0 Å². The number of benzene rings is 1. The van der Waals surface area contributed by atoms with E-state index in [0.29, 0.717) is 0 Å². The molecule has 0 amide bonds. The third-order valence-corrected chi connectivity index (χ3v) is 8.14. The minimum Gasteiger partial charge on any atom is -0.494 e. The number of ether oxygens (including phenoxy) is 2. The summed E-state index contributed by atoms with van der Waals surface area (Å²) in [5.74, 6) is 3.72. The van der Waals surface area contributed by atoms with Crippen molar-refractivity contribution in [2.75, 3.05) is 38.3 Å². The Hall–Kier alpha value is -1.55. The molecule has 0 radical (unpaired) electrons. The van der Waals surface area contributed by atoms with Crippen LogP contribution in [0.5, 0.6) is 5.75 Å². The standard InChI is InChI=1S/C24H33NO3/c1-16(26)19-13-21(23(27-2)22(14-19)25-6-8-28-9-7-25)24-5-3-4-17-10-18(15-24)12-20(24)11-17/h13-14,17-18,20H,3-12,15H2,1-2H3. The van der Waals surface area contributed by atoms with Crippen LogP contribution in [0.25, 0.3) is 0 Å². The summed E-state index contributed by atoms with van der Waals surface area (Å²) >= 11 is 0. The van der Waals surface area contributed by atoms with Crippen LogP contribution in [0.15, 0.2) is 12.1 Å². The molecule has 1 saturated heterocycles. The molecule has 28 heavy (non-hydrogen) atoms. The van der Waals surface area contributed by atoms with Crippen LogP contribution < -0.4 is 9.64 Å². The van der Waals surface area contributed by atoms with E-state index in [1.165, 1.54) is 50.5 Å². The predicted octanol–water partition coefficient (Wildman–Crippen LogP) is 4.59. The number of hydrogen-bond acceptors (Lipinski definition) is 4. The Balaban J connectivity index is 1.67. The van der Waals surface area contributed by atoms with Gasteiger partial charge in [0.05, 0.1) is 26.0 Å². The summed E-state index contributed by atoms with van der Waals surface area (Å²) in [5.41, 5.74) is 3.48. The fourth-order valence-corrected chi connectivity index (χ4v) is 7.02. The van der Waals surface area contributed by atoms with Crippen molar-refractivity contribution < 1.29 is 14.3 Å². The van der Waals surface area contributed by atoms with Gasteiger partial charge in [-0.25, -0.2) is 0 Å². The molecular formula is C24H33NO3. The van der Waals surface area contributed by atoms with E-state index in [9.17, 15) is 4.79 Å². The van der Waals surface area contributed by atoms with Crippen molar-refractivity contribution in [1.82, 2.24) is 0 Å². The highest BCUT2D eigenvalue weighted by Gasteiger charge is 2.54. The molecule has 1 aromatic rings. The summed E-state index contributed by atoms with van der Waals surface area (Å²) in [5, 5.41) is 0. The van der Waals surface area contributed by atoms with Gasteiger partial charge in [-0.05, 0) is 68.9 Å². The molecule has 4 heteroatoms. The van der Waals surface area contributed by atoms with E-state index in [-0.39, 0.29) is 11.2 Å². The molecule has 0 N–H and O–H groups in total. The first-order valence-corrected chi connectivity index (χ1v) is 11.2. The van der Waals surface area contributed by atoms with E-state index in [2.05, 4.69) is 17.0 Å². The molecule has 4 atom stereocenters. The minimum atomic E-state index is 0.155. The largest absolute Gasteiger partial charge is 0.494 e. The first-order valence-electron chi connectivity index (χ1n) is 11.2. The second-order valence-corrected chi connectivity index (χ2v) is 9.62. The zero-order valence-corrected chi connectivity index (χ0v) is 17.3. The summed E-state index contributed by atoms with van der Waals surface area (Å²) in [6.45, 7) is 4.89. The normalized spacial score (nSPS) is 34.4. The van der Waals surface area contributed by atoms with E-state index in [4.69, 9.17) is 9.47 Å². The average molecular weight is 384 g/mol. The summed E-state index contributed by atoms with van der Waals surface area (Å²) in [6.07, 6.45) is 9.41. The SMILES string of the molecule is COc1c(N2CCOCC2)cc(C(C)=O)cc1C12CCCC3CC(CC1C3)C2. The van der Waals surface area contributed by atoms with Crippen LogP contribution in [-0.2, 0) is 10.2 Å². The van der Waals surface area contributed by atoms with Gasteiger partial charge in [0, 0.05) is 29.6 Å². The second-order valence-electron chi connectivity index (χ2n) is 9.62. The Morgan fingerprint density at radius 3 is 2.71 bits per heavy atom. The van der Waals surface area contributed by atoms with Crippen LogP contribution in [0.1, 0.15) is 67.8 Å². The smallest absolute Gasteiger partial charge is 0.159 e. The van der Waals surface area contributed by atoms with Crippen molar-refractivity contribution in [2.45, 2.75) is 57.3 Å². The molecule has 3 aliphatic carbocycles. The fourth-order valence-electron chi connectivity index (χ4n) is 7.02. The first-order chi connectivity index (χ1) is 13.6. The number of methoxy groups -OCH3 is 1. The van der Waals surface area contributed by atoms with Gasteiger partial charge in [-0.3, -0.25) is 4.79 Å². The van der Waals surface area contributed by atoms with Crippen LogP contribution in [0.3, 0.4) is 0 Å². The lowest BCUT2D eigenvalue weighted by Gasteiger charge is -2.39. The Morgan fingerprint density at radius 2 is 1.96 bits per heavy atom. The number of nitrogens with zero attached hydrogens (tertiary/aromatic N) is 1. The number of morpholine rings is 1.